The van der Waals surface area contributed by atoms with Crippen molar-refractivity contribution in [1.82, 2.24) is 10.2 Å². The molecule has 5 heteroatoms. The van der Waals surface area contributed by atoms with Crippen molar-refractivity contribution in [3.05, 3.63) is 0 Å². The Hall–Kier alpha value is -1.26. The van der Waals surface area contributed by atoms with Crippen LogP contribution in [-0.4, -0.2) is 41.6 Å². The van der Waals surface area contributed by atoms with Gasteiger partial charge in [0.1, 0.15) is 5.60 Å². The van der Waals surface area contributed by atoms with Gasteiger partial charge >= 0.3 is 6.09 Å². The summed E-state index contributed by atoms with van der Waals surface area (Å²) in [6, 6.07) is 0.276. The van der Waals surface area contributed by atoms with Crippen LogP contribution in [0.3, 0.4) is 0 Å². The van der Waals surface area contributed by atoms with E-state index in [1.165, 1.54) is 12.8 Å². The second-order valence-corrected chi connectivity index (χ2v) is 8.65. The second kappa shape index (κ2) is 7.75. The largest absolute Gasteiger partial charge is 0.444 e. The number of hydrogen-bond acceptors (Lipinski definition) is 3. The van der Waals surface area contributed by atoms with Crippen LogP contribution in [0.4, 0.5) is 4.79 Å². The third-order valence-electron chi connectivity index (χ3n) is 5.48. The Balaban J connectivity index is 1.89. The number of amides is 2. The molecule has 2 amide bonds. The number of nitrogens with one attached hydrogen (secondary N) is 1. The van der Waals surface area contributed by atoms with Crippen LogP contribution in [-0.2, 0) is 9.53 Å². The van der Waals surface area contributed by atoms with Gasteiger partial charge in [0.05, 0.1) is 5.92 Å². The molecular weight excluding hydrogens is 304 g/mol. The van der Waals surface area contributed by atoms with Gasteiger partial charge < -0.3 is 15.0 Å². The van der Waals surface area contributed by atoms with Crippen LogP contribution in [0.5, 0.6) is 0 Å². The Kier molecular flexibility index (Phi) is 6.16. The molecule has 2 aliphatic rings. The molecule has 1 aliphatic heterocycles. The molecule has 2 rings (SSSR count). The van der Waals surface area contributed by atoms with E-state index in [4.69, 9.17) is 4.74 Å². The first-order chi connectivity index (χ1) is 11.2. The van der Waals surface area contributed by atoms with Gasteiger partial charge in [-0.05, 0) is 51.9 Å². The SMILES string of the molecule is C[C@H]1[C@H](C)CCC[C@@H]1NC(=O)[C@@H]1CCCN(C(=O)OC(C)(C)C)C1. The Morgan fingerprint density at radius 3 is 2.46 bits per heavy atom. The zero-order chi connectivity index (χ0) is 17.9. The fourth-order valence-corrected chi connectivity index (χ4v) is 3.77. The van der Waals surface area contributed by atoms with E-state index in [2.05, 4.69) is 19.2 Å². The summed E-state index contributed by atoms with van der Waals surface area (Å²) in [6.07, 6.45) is 4.91. The number of nitrogens with zero attached hydrogens (tertiary/aromatic N) is 1. The van der Waals surface area contributed by atoms with Crippen LogP contribution in [0.1, 0.15) is 66.7 Å². The minimum atomic E-state index is -0.500. The highest BCUT2D eigenvalue weighted by atomic mass is 16.6. The zero-order valence-electron chi connectivity index (χ0n) is 15.9. The van der Waals surface area contributed by atoms with Crippen molar-refractivity contribution in [2.24, 2.45) is 17.8 Å². The Bertz CT molecular complexity index is 458. The molecule has 1 aliphatic carbocycles. The smallest absolute Gasteiger partial charge is 0.410 e. The van der Waals surface area contributed by atoms with Crippen LogP contribution in [0.15, 0.2) is 0 Å². The highest BCUT2D eigenvalue weighted by Crippen LogP contribution is 2.30. The van der Waals surface area contributed by atoms with Gasteiger partial charge in [0.15, 0.2) is 0 Å². The predicted molar refractivity (Wildman–Crippen MR) is 94.6 cm³/mol. The van der Waals surface area contributed by atoms with Crippen molar-refractivity contribution in [3.63, 3.8) is 0 Å². The Morgan fingerprint density at radius 1 is 1.08 bits per heavy atom. The van der Waals surface area contributed by atoms with Gasteiger partial charge in [0, 0.05) is 19.1 Å². The summed E-state index contributed by atoms with van der Waals surface area (Å²) >= 11 is 0. The third kappa shape index (κ3) is 5.12. The van der Waals surface area contributed by atoms with E-state index in [0.717, 1.165) is 19.3 Å². The molecule has 0 spiro atoms. The van der Waals surface area contributed by atoms with E-state index in [0.29, 0.717) is 24.9 Å². The van der Waals surface area contributed by atoms with Crippen LogP contribution in [0.2, 0.25) is 0 Å². The summed E-state index contributed by atoms with van der Waals surface area (Å²) < 4.78 is 5.44. The van der Waals surface area contributed by atoms with E-state index in [9.17, 15) is 9.59 Å². The number of ether oxygens (including phenoxy) is 1. The summed E-state index contributed by atoms with van der Waals surface area (Å²) in [5.74, 6) is 1.17. The van der Waals surface area contributed by atoms with Gasteiger partial charge in [0.25, 0.3) is 0 Å². The maximum atomic E-state index is 12.7. The minimum absolute atomic E-state index is 0.106. The molecule has 1 saturated heterocycles. The standard InChI is InChI=1S/C19H34N2O3/c1-13-8-6-10-16(14(13)2)20-17(22)15-9-7-11-21(12-15)18(23)24-19(3,4)5/h13-16H,6-12H2,1-5H3,(H,20,22)/t13-,14+,15-,16+/m1/s1. The number of likely N-dealkylation sites (tertiary alicyclic amines) is 1. The Morgan fingerprint density at radius 2 is 1.79 bits per heavy atom. The van der Waals surface area contributed by atoms with Crippen molar-refractivity contribution < 1.29 is 14.3 Å². The molecule has 24 heavy (non-hydrogen) atoms. The quantitative estimate of drug-likeness (QED) is 0.837. The molecule has 0 aromatic carbocycles. The maximum Gasteiger partial charge on any atom is 0.410 e. The van der Waals surface area contributed by atoms with E-state index in [1.54, 1.807) is 4.90 Å². The zero-order valence-corrected chi connectivity index (χ0v) is 15.9. The van der Waals surface area contributed by atoms with Crippen LogP contribution < -0.4 is 5.32 Å². The summed E-state index contributed by atoms with van der Waals surface area (Å²) in [5.41, 5.74) is -0.500. The second-order valence-electron chi connectivity index (χ2n) is 8.65. The number of carbonyl (C=O) groups excluding carboxylic acids is 2. The molecule has 5 nitrogen and oxygen atoms in total. The highest BCUT2D eigenvalue weighted by Gasteiger charge is 2.34. The molecule has 2 fully saturated rings. The normalized spacial score (nSPS) is 31.5. The van der Waals surface area contributed by atoms with Gasteiger partial charge in [-0.2, -0.15) is 0 Å². The average Bonchev–Trinajstić information content (AvgIpc) is 2.50. The van der Waals surface area contributed by atoms with Crippen molar-refractivity contribution >= 4 is 12.0 Å². The first-order valence-electron chi connectivity index (χ1n) is 9.45. The van der Waals surface area contributed by atoms with Crippen molar-refractivity contribution in [2.45, 2.75) is 78.4 Å². The number of hydrogen-bond donors (Lipinski definition) is 1. The van der Waals surface area contributed by atoms with Crippen LogP contribution >= 0.6 is 0 Å². The lowest BCUT2D eigenvalue weighted by Crippen LogP contribution is -2.50. The van der Waals surface area contributed by atoms with E-state index >= 15 is 0 Å². The highest BCUT2D eigenvalue weighted by molar-refractivity contribution is 5.80. The molecule has 4 atom stereocenters. The topological polar surface area (TPSA) is 58.6 Å². The lowest BCUT2D eigenvalue weighted by atomic mass is 9.78. The fourth-order valence-electron chi connectivity index (χ4n) is 3.77. The molecule has 1 saturated carbocycles. The molecule has 0 aromatic rings. The molecular formula is C19H34N2O3. The summed E-state index contributed by atoms with van der Waals surface area (Å²) in [7, 11) is 0. The van der Waals surface area contributed by atoms with Crippen molar-refractivity contribution in [1.29, 1.82) is 0 Å². The molecule has 138 valence electrons. The van der Waals surface area contributed by atoms with Gasteiger partial charge in [0.2, 0.25) is 5.91 Å². The molecule has 0 bridgehead atoms. The van der Waals surface area contributed by atoms with Gasteiger partial charge in [-0.25, -0.2) is 4.79 Å². The van der Waals surface area contributed by atoms with E-state index in [1.807, 2.05) is 20.8 Å². The minimum Gasteiger partial charge on any atom is -0.444 e. The third-order valence-corrected chi connectivity index (χ3v) is 5.48. The van der Waals surface area contributed by atoms with Crippen molar-refractivity contribution in [3.8, 4) is 0 Å². The Labute approximate surface area is 146 Å². The fraction of sp³-hybridized carbons (Fsp3) is 0.895. The average molecular weight is 338 g/mol. The van der Waals surface area contributed by atoms with Crippen molar-refractivity contribution in [2.75, 3.05) is 13.1 Å². The maximum absolute atomic E-state index is 12.7. The van der Waals surface area contributed by atoms with E-state index < -0.39 is 5.60 Å². The summed E-state index contributed by atoms with van der Waals surface area (Å²) in [6.45, 7) is 11.3. The predicted octanol–water partition coefficient (Wildman–Crippen LogP) is 3.57. The molecule has 0 radical (unpaired) electrons. The monoisotopic (exact) mass is 338 g/mol. The summed E-state index contributed by atoms with van der Waals surface area (Å²) in [4.78, 5) is 26.6. The first-order valence-corrected chi connectivity index (χ1v) is 9.45. The number of rotatable bonds is 2. The number of piperidine rings is 1. The van der Waals surface area contributed by atoms with E-state index in [-0.39, 0.29) is 24.0 Å². The molecule has 0 aromatic heterocycles. The van der Waals surface area contributed by atoms with Gasteiger partial charge in [-0.1, -0.05) is 26.7 Å². The van der Waals surface area contributed by atoms with Gasteiger partial charge in [-0.15, -0.1) is 0 Å². The summed E-state index contributed by atoms with van der Waals surface area (Å²) in [5, 5.41) is 3.26. The molecule has 1 heterocycles. The molecule has 0 unspecified atom stereocenters. The van der Waals surface area contributed by atoms with Gasteiger partial charge in [-0.3, -0.25) is 4.79 Å². The van der Waals surface area contributed by atoms with Crippen LogP contribution in [0.25, 0.3) is 0 Å². The lowest BCUT2D eigenvalue weighted by molar-refractivity contribution is -0.128. The van der Waals surface area contributed by atoms with Crippen LogP contribution in [0, 0.1) is 17.8 Å². The lowest BCUT2D eigenvalue weighted by Gasteiger charge is -2.37. The number of carbonyl (C=O) groups is 2. The molecule has 1 N–H and O–H groups in total. The first kappa shape index (κ1) is 19.1.